The Kier molecular flexibility index (Phi) is 6.40. The molecule has 0 aromatic heterocycles. The SMILES string of the molecule is COc1ccc([C@H]2C3=C(CCCC3=O)N=C(C)C2C(=O)OCCc2ccccc2)cc1O. The smallest absolute Gasteiger partial charge is 0.315 e. The van der Waals surface area contributed by atoms with E-state index in [9.17, 15) is 14.7 Å². The van der Waals surface area contributed by atoms with E-state index >= 15 is 0 Å². The van der Waals surface area contributed by atoms with Gasteiger partial charge in [0.1, 0.15) is 5.92 Å². The van der Waals surface area contributed by atoms with Crippen LogP contribution in [0.1, 0.15) is 43.2 Å². The zero-order valence-electron chi connectivity index (χ0n) is 18.3. The number of ether oxygens (including phenoxy) is 2. The van der Waals surface area contributed by atoms with Gasteiger partial charge in [-0.25, -0.2) is 0 Å². The molecule has 0 saturated heterocycles. The van der Waals surface area contributed by atoms with E-state index in [0.717, 1.165) is 17.7 Å². The lowest BCUT2D eigenvalue weighted by Crippen LogP contribution is -2.37. The second kappa shape index (κ2) is 9.39. The van der Waals surface area contributed by atoms with Gasteiger partial charge in [0, 0.05) is 35.7 Å². The fraction of sp³-hybridized carbons (Fsp3) is 0.346. The molecule has 0 bridgehead atoms. The highest BCUT2D eigenvalue weighted by molar-refractivity contribution is 6.08. The zero-order valence-corrected chi connectivity index (χ0v) is 18.3. The first-order chi connectivity index (χ1) is 15.5. The number of phenols is 1. The number of aromatic hydroxyl groups is 1. The average molecular weight is 434 g/mol. The fourth-order valence-electron chi connectivity index (χ4n) is 4.58. The standard InChI is InChI=1S/C26H27NO5/c1-16-23(26(30)32-14-13-17-7-4-3-5-8-17)24(18-11-12-22(31-2)21(29)15-18)25-19(27-16)9-6-10-20(25)28/h3-5,7-8,11-12,15,23-24,29H,6,9-10,13-14H2,1-2H3/t23?,24-/m1/s1. The van der Waals surface area contributed by atoms with Crippen molar-refractivity contribution in [3.63, 3.8) is 0 Å². The molecule has 0 saturated carbocycles. The number of hydrogen-bond acceptors (Lipinski definition) is 6. The largest absolute Gasteiger partial charge is 0.504 e. The van der Waals surface area contributed by atoms with Crippen LogP contribution in [0.25, 0.3) is 0 Å². The van der Waals surface area contributed by atoms with Crippen molar-refractivity contribution in [3.05, 3.63) is 70.9 Å². The van der Waals surface area contributed by atoms with Gasteiger partial charge in [0.2, 0.25) is 0 Å². The topological polar surface area (TPSA) is 85.2 Å². The van der Waals surface area contributed by atoms with E-state index in [1.54, 1.807) is 18.2 Å². The van der Waals surface area contributed by atoms with E-state index in [1.165, 1.54) is 7.11 Å². The van der Waals surface area contributed by atoms with Crippen LogP contribution in [0.15, 0.2) is 64.8 Å². The van der Waals surface area contributed by atoms with E-state index < -0.39 is 17.8 Å². The first kappa shape index (κ1) is 21.8. The van der Waals surface area contributed by atoms with Gasteiger partial charge in [0.25, 0.3) is 0 Å². The molecule has 0 amide bonds. The van der Waals surface area contributed by atoms with Crippen LogP contribution in [-0.2, 0) is 20.7 Å². The minimum absolute atomic E-state index is 0.00453. The van der Waals surface area contributed by atoms with E-state index in [0.29, 0.717) is 41.9 Å². The Hall–Kier alpha value is -3.41. The number of carbonyl (C=O) groups is 2. The molecule has 1 aliphatic heterocycles. The average Bonchev–Trinajstić information content (AvgIpc) is 2.79. The molecule has 2 aromatic rings. The van der Waals surface area contributed by atoms with Gasteiger partial charge < -0.3 is 14.6 Å². The molecule has 1 heterocycles. The maximum atomic E-state index is 13.2. The van der Waals surface area contributed by atoms with Crippen LogP contribution >= 0.6 is 0 Å². The summed E-state index contributed by atoms with van der Waals surface area (Å²) in [6.07, 6.45) is 2.49. The van der Waals surface area contributed by atoms with E-state index in [-0.39, 0.29) is 18.1 Å². The molecule has 2 aromatic carbocycles. The van der Waals surface area contributed by atoms with Crippen molar-refractivity contribution in [1.82, 2.24) is 0 Å². The number of esters is 1. The normalized spacial score (nSPS) is 20.4. The Bertz CT molecular complexity index is 1090. The fourth-order valence-corrected chi connectivity index (χ4v) is 4.58. The number of allylic oxidation sites excluding steroid dienone is 2. The van der Waals surface area contributed by atoms with Crippen molar-refractivity contribution in [2.45, 2.75) is 38.5 Å². The van der Waals surface area contributed by atoms with Crippen molar-refractivity contribution in [3.8, 4) is 11.5 Å². The minimum Gasteiger partial charge on any atom is -0.504 e. The molecule has 6 heteroatoms. The van der Waals surface area contributed by atoms with E-state index in [2.05, 4.69) is 4.99 Å². The summed E-state index contributed by atoms with van der Waals surface area (Å²) in [6, 6.07) is 14.8. The number of benzene rings is 2. The van der Waals surface area contributed by atoms with Crippen molar-refractivity contribution in [2.24, 2.45) is 10.9 Å². The van der Waals surface area contributed by atoms with Gasteiger partial charge in [-0.3, -0.25) is 14.6 Å². The van der Waals surface area contributed by atoms with Gasteiger partial charge in [-0.1, -0.05) is 36.4 Å². The summed E-state index contributed by atoms with van der Waals surface area (Å²) in [4.78, 5) is 30.8. The van der Waals surface area contributed by atoms with Crippen LogP contribution in [0.3, 0.4) is 0 Å². The number of phenolic OH excluding ortho intramolecular Hbond substituents is 1. The molecular weight excluding hydrogens is 406 g/mol. The van der Waals surface area contributed by atoms with Crippen molar-refractivity contribution in [2.75, 3.05) is 13.7 Å². The molecule has 1 N–H and O–H groups in total. The summed E-state index contributed by atoms with van der Waals surface area (Å²) < 4.78 is 10.8. The summed E-state index contributed by atoms with van der Waals surface area (Å²) in [7, 11) is 1.48. The highest BCUT2D eigenvalue weighted by Crippen LogP contribution is 2.45. The molecule has 0 fully saturated rings. The lowest BCUT2D eigenvalue weighted by molar-refractivity contribution is -0.146. The van der Waals surface area contributed by atoms with Gasteiger partial charge in [-0.2, -0.15) is 0 Å². The first-order valence-electron chi connectivity index (χ1n) is 10.9. The Morgan fingerprint density at radius 1 is 1.16 bits per heavy atom. The van der Waals surface area contributed by atoms with Gasteiger partial charge in [-0.05, 0) is 43.0 Å². The molecule has 1 unspecified atom stereocenters. The number of hydrogen-bond donors (Lipinski definition) is 1. The molecule has 0 radical (unpaired) electrons. The quantitative estimate of drug-likeness (QED) is 0.684. The Balaban J connectivity index is 1.65. The van der Waals surface area contributed by atoms with Crippen molar-refractivity contribution >= 4 is 17.5 Å². The first-order valence-corrected chi connectivity index (χ1v) is 10.9. The molecule has 2 aliphatic rings. The third kappa shape index (κ3) is 4.31. The molecule has 1 aliphatic carbocycles. The van der Waals surface area contributed by atoms with Gasteiger partial charge >= 0.3 is 5.97 Å². The van der Waals surface area contributed by atoms with E-state index in [1.807, 2.05) is 37.3 Å². The predicted octanol–water partition coefficient (Wildman–Crippen LogP) is 4.37. The second-order valence-electron chi connectivity index (χ2n) is 8.18. The minimum atomic E-state index is -0.723. The maximum absolute atomic E-state index is 13.2. The van der Waals surface area contributed by atoms with Crippen LogP contribution < -0.4 is 4.74 Å². The lowest BCUT2D eigenvalue weighted by Gasteiger charge is -2.34. The number of ketones is 1. The number of rotatable bonds is 6. The molecule has 166 valence electrons. The third-order valence-electron chi connectivity index (χ3n) is 6.13. The number of methoxy groups -OCH3 is 1. The van der Waals surface area contributed by atoms with Gasteiger partial charge in [0.15, 0.2) is 17.3 Å². The second-order valence-corrected chi connectivity index (χ2v) is 8.18. The third-order valence-corrected chi connectivity index (χ3v) is 6.13. The van der Waals surface area contributed by atoms with Crippen LogP contribution in [0.2, 0.25) is 0 Å². The Labute approximate surface area is 187 Å². The number of carbonyl (C=O) groups excluding carboxylic acids is 2. The number of nitrogens with zero attached hydrogens (tertiary/aromatic N) is 1. The Morgan fingerprint density at radius 2 is 1.94 bits per heavy atom. The van der Waals surface area contributed by atoms with Crippen LogP contribution in [0.5, 0.6) is 11.5 Å². The van der Waals surface area contributed by atoms with Crippen LogP contribution in [0, 0.1) is 5.92 Å². The molecule has 4 rings (SSSR count). The highest BCUT2D eigenvalue weighted by Gasteiger charge is 2.43. The lowest BCUT2D eigenvalue weighted by atomic mass is 9.71. The molecular formula is C26H27NO5. The molecule has 0 spiro atoms. The summed E-state index contributed by atoms with van der Waals surface area (Å²) in [6.45, 7) is 2.05. The summed E-state index contributed by atoms with van der Waals surface area (Å²) in [5.41, 5.74) is 3.69. The summed E-state index contributed by atoms with van der Waals surface area (Å²) >= 11 is 0. The summed E-state index contributed by atoms with van der Waals surface area (Å²) in [5.74, 6) is -1.37. The molecule has 6 nitrogen and oxygen atoms in total. The van der Waals surface area contributed by atoms with Crippen molar-refractivity contribution in [1.29, 1.82) is 0 Å². The van der Waals surface area contributed by atoms with Crippen LogP contribution in [-0.4, -0.2) is 36.3 Å². The summed E-state index contributed by atoms with van der Waals surface area (Å²) in [5, 5.41) is 10.4. The zero-order chi connectivity index (χ0) is 22.7. The molecule has 32 heavy (non-hydrogen) atoms. The van der Waals surface area contributed by atoms with Crippen molar-refractivity contribution < 1.29 is 24.2 Å². The maximum Gasteiger partial charge on any atom is 0.315 e. The predicted molar refractivity (Wildman–Crippen MR) is 121 cm³/mol. The number of aliphatic imine (C=N–C) groups is 1. The van der Waals surface area contributed by atoms with Gasteiger partial charge in [0.05, 0.1) is 13.7 Å². The highest BCUT2D eigenvalue weighted by atomic mass is 16.5. The number of Topliss-reactive ketones (excluding diaryl/α,β-unsaturated/α-hetero) is 1. The monoisotopic (exact) mass is 433 g/mol. The van der Waals surface area contributed by atoms with Crippen LogP contribution in [0.4, 0.5) is 0 Å². The van der Waals surface area contributed by atoms with E-state index in [4.69, 9.17) is 9.47 Å². The van der Waals surface area contributed by atoms with Gasteiger partial charge in [-0.15, -0.1) is 0 Å². The molecule has 2 atom stereocenters. The Morgan fingerprint density at radius 3 is 2.66 bits per heavy atom.